The van der Waals surface area contributed by atoms with E-state index in [4.69, 9.17) is 28.8 Å². The molecular weight excluding hydrogens is 700 g/mol. The fraction of sp³-hybridized carbons (Fsp3) is 0.625. The Morgan fingerprint density at radius 1 is 1.00 bits per heavy atom. The van der Waals surface area contributed by atoms with Crippen LogP contribution >= 0.6 is 0 Å². The molecule has 4 rings (SSSR count). The van der Waals surface area contributed by atoms with Crippen molar-refractivity contribution < 1.29 is 57.9 Å². The van der Waals surface area contributed by atoms with Gasteiger partial charge in [-0.05, 0) is 49.6 Å². The molecule has 3 aliphatic rings. The Labute approximate surface area is 317 Å². The number of cyclic esters (lactones) is 1. The van der Waals surface area contributed by atoms with Crippen LogP contribution < -0.4 is 10.6 Å². The van der Waals surface area contributed by atoms with E-state index in [1.807, 2.05) is 0 Å². The number of hydrogen-bond donors (Lipinski definition) is 4. The third-order valence-corrected chi connectivity index (χ3v) is 9.82. The van der Waals surface area contributed by atoms with Gasteiger partial charge in [0.15, 0.2) is 5.79 Å². The number of rotatable bonds is 19. The predicted octanol–water partition coefficient (Wildman–Crippen LogP) is 3.67. The zero-order chi connectivity index (χ0) is 39.5. The molecule has 1 aliphatic carbocycles. The highest BCUT2D eigenvalue weighted by Gasteiger charge is 2.52. The van der Waals surface area contributed by atoms with Crippen molar-refractivity contribution in [3.63, 3.8) is 0 Å². The maximum atomic E-state index is 13.6. The molecule has 2 saturated heterocycles. The van der Waals surface area contributed by atoms with Crippen molar-refractivity contribution in [3.8, 4) is 0 Å². The summed E-state index contributed by atoms with van der Waals surface area (Å²) in [5, 5.41) is 24.5. The van der Waals surface area contributed by atoms with E-state index in [2.05, 4.69) is 24.5 Å². The van der Waals surface area contributed by atoms with Crippen LogP contribution in [0.5, 0.6) is 0 Å². The first kappa shape index (κ1) is 42.6. The van der Waals surface area contributed by atoms with Gasteiger partial charge in [0.1, 0.15) is 31.0 Å². The molecule has 2 amide bonds. The second-order valence-corrected chi connectivity index (χ2v) is 14.9. The summed E-state index contributed by atoms with van der Waals surface area (Å²) in [5.41, 5.74) is 0.370. The minimum Gasteiger partial charge on any atom is -0.462 e. The van der Waals surface area contributed by atoms with Crippen LogP contribution in [-0.2, 0) is 42.9 Å². The van der Waals surface area contributed by atoms with Crippen LogP contribution in [0.15, 0.2) is 42.0 Å². The second kappa shape index (κ2) is 19.5. The Bertz CT molecular complexity index is 1530. The minimum absolute atomic E-state index is 0.0405. The number of aliphatic hydroxyl groups is 2. The van der Waals surface area contributed by atoms with E-state index in [-0.39, 0.29) is 37.3 Å². The van der Waals surface area contributed by atoms with Gasteiger partial charge in [0, 0.05) is 42.9 Å². The molecule has 4 N–H and O–H groups in total. The van der Waals surface area contributed by atoms with Gasteiger partial charge in [-0.25, -0.2) is 14.4 Å². The molecule has 54 heavy (non-hydrogen) atoms. The monoisotopic (exact) mass is 756 g/mol. The molecule has 14 nitrogen and oxygen atoms in total. The number of carbonyl (C=O) groups excluding carboxylic acids is 5. The highest BCUT2D eigenvalue weighted by Crippen LogP contribution is 2.43. The summed E-state index contributed by atoms with van der Waals surface area (Å²) in [6.45, 7) is 8.94. The summed E-state index contributed by atoms with van der Waals surface area (Å²) >= 11 is 0. The van der Waals surface area contributed by atoms with Crippen LogP contribution in [0.4, 0.5) is 0 Å². The maximum absolute atomic E-state index is 13.6. The lowest BCUT2D eigenvalue weighted by molar-refractivity contribution is -0.190. The summed E-state index contributed by atoms with van der Waals surface area (Å²) in [6, 6.07) is 5.02. The van der Waals surface area contributed by atoms with Crippen molar-refractivity contribution in [2.75, 3.05) is 19.8 Å². The molecule has 0 saturated carbocycles. The van der Waals surface area contributed by atoms with Crippen molar-refractivity contribution in [1.82, 2.24) is 10.6 Å². The number of benzene rings is 1. The van der Waals surface area contributed by atoms with Crippen molar-refractivity contribution in [2.24, 2.45) is 5.41 Å². The average Bonchev–Trinajstić information content (AvgIpc) is 3.64. The fourth-order valence-corrected chi connectivity index (χ4v) is 6.72. The van der Waals surface area contributed by atoms with Crippen LogP contribution in [-0.4, -0.2) is 102 Å². The van der Waals surface area contributed by atoms with Crippen LogP contribution in [0.1, 0.15) is 108 Å². The number of aliphatic hydroxyl groups excluding tert-OH is 2. The smallest absolute Gasteiger partial charge is 0.348 e. The first-order valence-electron chi connectivity index (χ1n) is 19.0. The van der Waals surface area contributed by atoms with Crippen LogP contribution in [0, 0.1) is 5.41 Å². The summed E-state index contributed by atoms with van der Waals surface area (Å²) in [4.78, 5) is 64.3. The first-order valence-corrected chi connectivity index (χ1v) is 19.0. The molecule has 0 radical (unpaired) electrons. The van der Waals surface area contributed by atoms with E-state index in [1.54, 1.807) is 44.2 Å². The minimum atomic E-state index is -1.30. The van der Waals surface area contributed by atoms with Gasteiger partial charge >= 0.3 is 17.9 Å². The van der Waals surface area contributed by atoms with Gasteiger partial charge in [0.05, 0.1) is 18.3 Å². The number of carbonyl (C=O) groups is 5. The number of unbranched alkanes of at least 4 members (excludes halogenated alkanes) is 4. The molecule has 298 valence electrons. The molecule has 0 bridgehead atoms. The second-order valence-electron chi connectivity index (χ2n) is 14.9. The van der Waals surface area contributed by atoms with Crippen molar-refractivity contribution in [3.05, 3.63) is 53.1 Å². The van der Waals surface area contributed by atoms with E-state index < -0.39 is 77.5 Å². The van der Waals surface area contributed by atoms with Gasteiger partial charge < -0.3 is 44.5 Å². The highest BCUT2D eigenvalue weighted by atomic mass is 16.8. The van der Waals surface area contributed by atoms with Gasteiger partial charge in [0.2, 0.25) is 17.9 Å². The van der Waals surface area contributed by atoms with E-state index in [0.717, 1.165) is 38.5 Å². The summed E-state index contributed by atoms with van der Waals surface area (Å²) in [6.07, 6.45) is 6.68. The van der Waals surface area contributed by atoms with Crippen LogP contribution in [0.2, 0.25) is 0 Å². The van der Waals surface area contributed by atoms with E-state index in [1.165, 1.54) is 19.1 Å². The number of hydrogen-bond acceptors (Lipinski definition) is 12. The molecule has 6 unspecified atom stereocenters. The topological polar surface area (TPSA) is 196 Å². The molecular formula is C40H56N2O12. The molecule has 0 spiro atoms. The zero-order valence-electron chi connectivity index (χ0n) is 32.0. The van der Waals surface area contributed by atoms with Crippen molar-refractivity contribution >= 4 is 35.8 Å². The number of nitrogens with one attached hydrogen (secondary N) is 2. The van der Waals surface area contributed by atoms with Gasteiger partial charge in [-0.15, -0.1) is 0 Å². The van der Waals surface area contributed by atoms with Crippen LogP contribution in [0.25, 0.3) is 6.08 Å². The number of amides is 2. The van der Waals surface area contributed by atoms with Gasteiger partial charge in [0.25, 0.3) is 0 Å². The van der Waals surface area contributed by atoms with Crippen molar-refractivity contribution in [1.29, 1.82) is 0 Å². The van der Waals surface area contributed by atoms with E-state index >= 15 is 0 Å². The summed E-state index contributed by atoms with van der Waals surface area (Å²) < 4.78 is 29.7. The zero-order valence-corrected chi connectivity index (χ0v) is 32.0. The lowest BCUT2D eigenvalue weighted by Gasteiger charge is -2.31. The fourth-order valence-electron chi connectivity index (χ4n) is 6.72. The molecule has 1 aromatic rings. The predicted molar refractivity (Wildman–Crippen MR) is 196 cm³/mol. The largest absolute Gasteiger partial charge is 0.462 e. The third kappa shape index (κ3) is 11.2. The molecule has 2 aliphatic heterocycles. The standard InChI is InChI=1S/C40H56N2O12/c1-6-8-10-18-40(19-11-9-7-2)53-30-23-28(35(46)42-32(25(3)44)36(47)41-20-21-43)22-29(33(30)54-40)51-37(48)27-15-12-26(13-16-27)14-17-31(45)52-34-38(49)50-24-39(34,4)5/h12-17,23,25,29-30,32-34,43-44H,6-11,18-22,24H2,1-5H3,(H,41,47)(H,42,46). The summed E-state index contributed by atoms with van der Waals surface area (Å²) in [7, 11) is 0. The Morgan fingerprint density at radius 2 is 1.67 bits per heavy atom. The molecule has 0 aromatic heterocycles. The van der Waals surface area contributed by atoms with E-state index in [9.17, 15) is 29.1 Å². The van der Waals surface area contributed by atoms with Gasteiger partial charge in [-0.1, -0.05) is 65.5 Å². The molecule has 6 atom stereocenters. The highest BCUT2D eigenvalue weighted by molar-refractivity contribution is 5.98. The maximum Gasteiger partial charge on any atom is 0.348 e. The Kier molecular flexibility index (Phi) is 15.4. The number of ether oxygens (including phenoxy) is 5. The van der Waals surface area contributed by atoms with Gasteiger partial charge in [-0.3, -0.25) is 9.59 Å². The summed E-state index contributed by atoms with van der Waals surface area (Å²) in [5.74, 6) is -4.19. The molecule has 14 heteroatoms. The van der Waals surface area contributed by atoms with Gasteiger partial charge in [-0.2, -0.15) is 0 Å². The van der Waals surface area contributed by atoms with Crippen molar-refractivity contribution in [2.45, 2.75) is 135 Å². The molecule has 1 aromatic carbocycles. The molecule has 2 fully saturated rings. The number of esters is 3. The quantitative estimate of drug-likeness (QED) is 0.0694. The number of fused-ring (bicyclic) bond motifs is 1. The Morgan fingerprint density at radius 3 is 2.24 bits per heavy atom. The third-order valence-electron chi connectivity index (χ3n) is 9.82. The average molecular weight is 757 g/mol. The Hall–Kier alpha value is -4.11. The van der Waals surface area contributed by atoms with Crippen LogP contribution in [0.3, 0.4) is 0 Å². The lowest BCUT2D eigenvalue weighted by Crippen LogP contribution is -2.54. The molecule has 2 heterocycles. The lowest BCUT2D eigenvalue weighted by atomic mass is 9.90. The Balaban J connectivity index is 1.52. The van der Waals surface area contributed by atoms with E-state index in [0.29, 0.717) is 18.4 Å². The SMILES string of the molecule is CCCCCC1(CCCCC)OC2C=C(C(=O)NC(C(=O)NCCO)C(C)O)CC(OC(=O)c3ccc(C=CC(=O)OC4C(=O)OCC4(C)C)cc3)C2O1. The normalized spacial score (nSPS) is 23.8. The first-order chi connectivity index (χ1) is 25.7.